The van der Waals surface area contributed by atoms with E-state index in [1.165, 1.54) is 17.5 Å². The molecule has 3 rings (SSSR count). The number of methoxy groups -OCH3 is 1. The lowest BCUT2D eigenvalue weighted by Gasteiger charge is -2.46. The van der Waals surface area contributed by atoms with Crippen LogP contribution in [0.4, 0.5) is 0 Å². The van der Waals surface area contributed by atoms with E-state index >= 15 is 0 Å². The van der Waals surface area contributed by atoms with Gasteiger partial charge < -0.3 is 9.47 Å². The summed E-state index contributed by atoms with van der Waals surface area (Å²) in [5, 5.41) is 0. The fraction of sp³-hybridized carbons (Fsp3) is 0.556. The second kappa shape index (κ2) is 9.98. The van der Waals surface area contributed by atoms with Crippen molar-refractivity contribution in [2.75, 3.05) is 20.3 Å². The first-order valence-electron chi connectivity index (χ1n) is 11.4. The Kier molecular flexibility index (Phi) is 7.60. The van der Waals surface area contributed by atoms with Crippen molar-refractivity contribution in [3.05, 3.63) is 65.7 Å². The molecule has 1 fully saturated rings. The van der Waals surface area contributed by atoms with Crippen molar-refractivity contribution >= 4 is 0 Å². The summed E-state index contributed by atoms with van der Waals surface area (Å²) in [6.07, 6.45) is 4.58. The number of hydrogen-bond donors (Lipinski definition) is 0. The Morgan fingerprint density at radius 2 is 1.70 bits per heavy atom. The minimum absolute atomic E-state index is 0.0499. The molecule has 3 nitrogen and oxygen atoms in total. The fourth-order valence-electron chi connectivity index (χ4n) is 4.93. The Labute approximate surface area is 183 Å². The van der Waals surface area contributed by atoms with Crippen LogP contribution < -0.4 is 4.74 Å². The molecule has 3 heteroatoms. The molecule has 1 saturated heterocycles. The lowest BCUT2D eigenvalue weighted by atomic mass is 9.68. The molecule has 0 spiro atoms. The minimum atomic E-state index is -0.0499. The van der Waals surface area contributed by atoms with E-state index in [2.05, 4.69) is 87.2 Å². The SMILES string of the molecule is COc1ccc(CN(CC[C@]2(Cc3ccccc3)CCOC(C)(C)C2)C(C)C)cc1. The van der Waals surface area contributed by atoms with Crippen LogP contribution in [0.5, 0.6) is 5.75 Å². The van der Waals surface area contributed by atoms with Crippen molar-refractivity contribution in [2.24, 2.45) is 5.41 Å². The minimum Gasteiger partial charge on any atom is -0.497 e. The van der Waals surface area contributed by atoms with Crippen LogP contribution in [0.2, 0.25) is 0 Å². The van der Waals surface area contributed by atoms with Gasteiger partial charge in [0, 0.05) is 19.2 Å². The number of benzene rings is 2. The second-order valence-electron chi connectivity index (χ2n) is 9.86. The smallest absolute Gasteiger partial charge is 0.118 e. The summed E-state index contributed by atoms with van der Waals surface area (Å²) in [6.45, 7) is 12.1. The summed E-state index contributed by atoms with van der Waals surface area (Å²) in [7, 11) is 1.72. The van der Waals surface area contributed by atoms with E-state index in [-0.39, 0.29) is 11.0 Å². The van der Waals surface area contributed by atoms with E-state index < -0.39 is 0 Å². The molecule has 0 aliphatic carbocycles. The summed E-state index contributed by atoms with van der Waals surface area (Å²) in [6, 6.07) is 20.0. The molecule has 1 aliphatic rings. The Balaban J connectivity index is 1.73. The zero-order valence-electron chi connectivity index (χ0n) is 19.5. The molecule has 30 heavy (non-hydrogen) atoms. The molecule has 1 atom stereocenters. The van der Waals surface area contributed by atoms with E-state index in [9.17, 15) is 0 Å². The molecule has 0 saturated carbocycles. The summed E-state index contributed by atoms with van der Waals surface area (Å²) in [5.41, 5.74) is 3.03. The van der Waals surface area contributed by atoms with Crippen molar-refractivity contribution in [2.45, 2.75) is 71.6 Å². The molecule has 0 unspecified atom stereocenters. The molecule has 164 valence electrons. The van der Waals surface area contributed by atoms with Gasteiger partial charge in [0.05, 0.1) is 12.7 Å². The van der Waals surface area contributed by atoms with Crippen LogP contribution in [0.15, 0.2) is 54.6 Å². The highest BCUT2D eigenvalue weighted by Gasteiger charge is 2.40. The third-order valence-electron chi connectivity index (χ3n) is 6.55. The van der Waals surface area contributed by atoms with Crippen LogP contribution >= 0.6 is 0 Å². The molecule has 1 aliphatic heterocycles. The van der Waals surface area contributed by atoms with Gasteiger partial charge in [0.15, 0.2) is 0 Å². The van der Waals surface area contributed by atoms with Crippen LogP contribution in [0.25, 0.3) is 0 Å². The second-order valence-corrected chi connectivity index (χ2v) is 9.86. The quantitative estimate of drug-likeness (QED) is 0.498. The maximum absolute atomic E-state index is 6.10. The van der Waals surface area contributed by atoms with Crippen LogP contribution in [0, 0.1) is 5.41 Å². The van der Waals surface area contributed by atoms with E-state index in [0.717, 1.165) is 44.7 Å². The standard InChI is InChI=1S/C27H39NO2/c1-22(2)28(20-24-11-13-25(29-5)14-12-24)17-15-27(16-18-30-26(3,4)21-27)19-23-9-7-6-8-10-23/h6-14,22H,15-21H2,1-5H3/t27-/m1/s1. The van der Waals surface area contributed by atoms with Crippen LogP contribution in [0.3, 0.4) is 0 Å². The van der Waals surface area contributed by atoms with Gasteiger partial charge in [-0.15, -0.1) is 0 Å². The van der Waals surface area contributed by atoms with E-state index in [4.69, 9.17) is 9.47 Å². The molecular formula is C27H39NO2. The maximum Gasteiger partial charge on any atom is 0.118 e. The van der Waals surface area contributed by atoms with Crippen LogP contribution in [0.1, 0.15) is 58.1 Å². The van der Waals surface area contributed by atoms with Crippen LogP contribution in [-0.4, -0.2) is 36.8 Å². The van der Waals surface area contributed by atoms with E-state index in [1.807, 2.05) is 0 Å². The van der Waals surface area contributed by atoms with Gasteiger partial charge in [-0.1, -0.05) is 42.5 Å². The largest absolute Gasteiger partial charge is 0.497 e. The third-order valence-corrected chi connectivity index (χ3v) is 6.55. The molecular weight excluding hydrogens is 370 g/mol. The van der Waals surface area contributed by atoms with Gasteiger partial charge in [0.1, 0.15) is 5.75 Å². The predicted octanol–water partition coefficient (Wildman–Crippen LogP) is 6.11. The molecule has 0 aromatic heterocycles. The average Bonchev–Trinajstić information content (AvgIpc) is 2.71. The Morgan fingerprint density at radius 3 is 2.30 bits per heavy atom. The molecule has 2 aromatic carbocycles. The summed E-state index contributed by atoms with van der Waals surface area (Å²) in [5.74, 6) is 0.918. The Morgan fingerprint density at radius 1 is 1.00 bits per heavy atom. The lowest BCUT2D eigenvalue weighted by molar-refractivity contribution is -0.109. The van der Waals surface area contributed by atoms with Crippen LogP contribution in [-0.2, 0) is 17.7 Å². The molecule has 0 bridgehead atoms. The van der Waals surface area contributed by atoms with Gasteiger partial charge in [0.25, 0.3) is 0 Å². The highest BCUT2D eigenvalue weighted by atomic mass is 16.5. The highest BCUT2D eigenvalue weighted by molar-refractivity contribution is 5.27. The summed E-state index contributed by atoms with van der Waals surface area (Å²) >= 11 is 0. The monoisotopic (exact) mass is 409 g/mol. The predicted molar refractivity (Wildman–Crippen MR) is 125 cm³/mol. The normalized spacial score (nSPS) is 21.2. The highest BCUT2D eigenvalue weighted by Crippen LogP contribution is 2.44. The van der Waals surface area contributed by atoms with Crippen molar-refractivity contribution in [1.82, 2.24) is 4.90 Å². The first-order chi connectivity index (χ1) is 14.3. The average molecular weight is 410 g/mol. The van der Waals surface area contributed by atoms with Gasteiger partial charge >= 0.3 is 0 Å². The number of nitrogens with zero attached hydrogens (tertiary/aromatic N) is 1. The molecule has 0 radical (unpaired) electrons. The number of rotatable bonds is 9. The first-order valence-corrected chi connectivity index (χ1v) is 11.4. The maximum atomic E-state index is 6.10. The van der Waals surface area contributed by atoms with Gasteiger partial charge in [-0.2, -0.15) is 0 Å². The molecule has 1 heterocycles. The summed E-state index contributed by atoms with van der Waals surface area (Å²) in [4.78, 5) is 2.61. The fourth-order valence-corrected chi connectivity index (χ4v) is 4.93. The molecule has 2 aromatic rings. The van der Waals surface area contributed by atoms with Gasteiger partial charge in [-0.3, -0.25) is 4.90 Å². The molecule has 0 N–H and O–H groups in total. The Hall–Kier alpha value is -1.84. The topological polar surface area (TPSA) is 21.7 Å². The van der Waals surface area contributed by atoms with Gasteiger partial charge in [0.2, 0.25) is 0 Å². The third kappa shape index (κ3) is 6.33. The van der Waals surface area contributed by atoms with Crippen molar-refractivity contribution in [3.8, 4) is 5.75 Å². The zero-order valence-corrected chi connectivity index (χ0v) is 19.5. The first kappa shape index (κ1) is 22.8. The van der Waals surface area contributed by atoms with Gasteiger partial charge in [-0.25, -0.2) is 0 Å². The van der Waals surface area contributed by atoms with E-state index in [1.54, 1.807) is 7.11 Å². The van der Waals surface area contributed by atoms with Gasteiger partial charge in [-0.05, 0) is 88.6 Å². The van der Waals surface area contributed by atoms with E-state index in [0.29, 0.717) is 6.04 Å². The summed E-state index contributed by atoms with van der Waals surface area (Å²) < 4.78 is 11.4. The zero-order chi connectivity index (χ0) is 21.6. The van der Waals surface area contributed by atoms with Crippen molar-refractivity contribution < 1.29 is 9.47 Å². The Bertz CT molecular complexity index is 769. The number of hydrogen-bond acceptors (Lipinski definition) is 3. The van der Waals surface area contributed by atoms with Crippen molar-refractivity contribution in [1.29, 1.82) is 0 Å². The lowest BCUT2D eigenvalue weighted by Crippen LogP contribution is -2.44. The van der Waals surface area contributed by atoms with Crippen molar-refractivity contribution in [3.63, 3.8) is 0 Å². The molecule has 0 amide bonds. The number of ether oxygens (including phenoxy) is 2.